The first-order valence-corrected chi connectivity index (χ1v) is 9.05. The minimum atomic E-state index is -0.0341. The van der Waals surface area contributed by atoms with Crippen molar-refractivity contribution >= 4 is 51.9 Å². The second-order valence-electron chi connectivity index (χ2n) is 5.31. The van der Waals surface area contributed by atoms with E-state index in [0.29, 0.717) is 20.8 Å². The van der Waals surface area contributed by atoms with E-state index in [-0.39, 0.29) is 5.91 Å². The van der Waals surface area contributed by atoms with Crippen LogP contribution in [0, 0.1) is 0 Å². The second-order valence-corrected chi connectivity index (χ2v) is 7.39. The first-order valence-electron chi connectivity index (χ1n) is 7.45. The maximum absolute atomic E-state index is 12.6. The fourth-order valence-corrected chi connectivity index (χ4v) is 3.98. The first-order chi connectivity index (χ1) is 11.1. The lowest BCUT2D eigenvalue weighted by molar-refractivity contribution is -0.122. The van der Waals surface area contributed by atoms with Gasteiger partial charge in [-0.15, -0.1) is 0 Å². The zero-order chi connectivity index (χ0) is 16.2. The van der Waals surface area contributed by atoms with E-state index in [1.807, 2.05) is 30.3 Å². The number of rotatable bonds is 4. The molecule has 0 unspecified atom stereocenters. The molecule has 0 N–H and O–H groups in total. The number of carbonyl (C=O) groups excluding carboxylic acids is 1. The quantitative estimate of drug-likeness (QED) is 0.602. The van der Waals surface area contributed by atoms with Gasteiger partial charge in [-0.2, -0.15) is 0 Å². The molecule has 0 atom stereocenters. The Balaban J connectivity index is 1.66. The van der Waals surface area contributed by atoms with Crippen molar-refractivity contribution in [3.63, 3.8) is 0 Å². The number of nitrogens with zero attached hydrogens (tertiary/aromatic N) is 2. The molecular formula is C16H17ClN2O2S2. The molecule has 1 aromatic carbocycles. The number of hydrogen-bond donors (Lipinski definition) is 0. The molecule has 4 nitrogen and oxygen atoms in total. The topological polar surface area (TPSA) is 32.8 Å². The number of carbonyl (C=O) groups is 1. The van der Waals surface area contributed by atoms with Crippen molar-refractivity contribution in [3.05, 3.63) is 39.8 Å². The van der Waals surface area contributed by atoms with E-state index in [4.69, 9.17) is 28.6 Å². The number of hydrogen-bond acceptors (Lipinski definition) is 5. The first kappa shape index (κ1) is 16.9. The van der Waals surface area contributed by atoms with Gasteiger partial charge in [-0.25, -0.2) is 0 Å². The molecule has 1 aromatic rings. The van der Waals surface area contributed by atoms with Gasteiger partial charge < -0.3 is 4.74 Å². The van der Waals surface area contributed by atoms with Crippen LogP contribution in [0.2, 0.25) is 5.02 Å². The summed E-state index contributed by atoms with van der Waals surface area (Å²) in [5.41, 5.74) is 0.836. The molecule has 0 aliphatic carbocycles. The minimum absolute atomic E-state index is 0.0341. The van der Waals surface area contributed by atoms with Crippen LogP contribution in [0.25, 0.3) is 6.08 Å². The van der Waals surface area contributed by atoms with Crippen LogP contribution in [-0.4, -0.2) is 59.4 Å². The Morgan fingerprint density at radius 1 is 1.26 bits per heavy atom. The fraction of sp³-hybridized carbons (Fsp3) is 0.375. The molecule has 2 fully saturated rings. The summed E-state index contributed by atoms with van der Waals surface area (Å²) < 4.78 is 5.95. The monoisotopic (exact) mass is 368 g/mol. The van der Waals surface area contributed by atoms with Gasteiger partial charge in [0.15, 0.2) is 0 Å². The third-order valence-corrected chi connectivity index (χ3v) is 5.53. The molecular weight excluding hydrogens is 352 g/mol. The summed E-state index contributed by atoms with van der Waals surface area (Å²) >= 11 is 12.9. The highest BCUT2D eigenvalue weighted by Gasteiger charge is 2.32. The molecule has 2 aliphatic heterocycles. The summed E-state index contributed by atoms with van der Waals surface area (Å²) in [4.78, 5) is 17.2. The summed E-state index contributed by atoms with van der Waals surface area (Å²) in [6.07, 6.45) is 1.82. The Morgan fingerprint density at radius 3 is 2.74 bits per heavy atom. The number of ether oxygens (including phenoxy) is 1. The second kappa shape index (κ2) is 7.77. The van der Waals surface area contributed by atoms with Crippen LogP contribution in [-0.2, 0) is 9.53 Å². The predicted molar refractivity (Wildman–Crippen MR) is 98.6 cm³/mol. The number of thiocarbonyl (C=S) groups is 1. The maximum Gasteiger partial charge on any atom is 0.266 e. The Labute approximate surface area is 150 Å². The van der Waals surface area contributed by atoms with Crippen LogP contribution < -0.4 is 0 Å². The van der Waals surface area contributed by atoms with Crippen molar-refractivity contribution in [2.45, 2.75) is 0 Å². The van der Waals surface area contributed by atoms with E-state index < -0.39 is 0 Å². The lowest BCUT2D eigenvalue weighted by Crippen LogP contribution is -2.42. The van der Waals surface area contributed by atoms with Crippen LogP contribution in [0.3, 0.4) is 0 Å². The van der Waals surface area contributed by atoms with Crippen LogP contribution in [0.1, 0.15) is 5.56 Å². The lowest BCUT2D eigenvalue weighted by Gasteiger charge is -2.28. The summed E-state index contributed by atoms with van der Waals surface area (Å²) in [6.45, 7) is 4.75. The van der Waals surface area contributed by atoms with Crippen molar-refractivity contribution in [2.75, 3.05) is 39.4 Å². The molecule has 7 heteroatoms. The number of benzene rings is 1. The van der Waals surface area contributed by atoms with Gasteiger partial charge in [-0.05, 0) is 17.7 Å². The maximum atomic E-state index is 12.6. The molecule has 23 heavy (non-hydrogen) atoms. The summed E-state index contributed by atoms with van der Waals surface area (Å²) in [5.74, 6) is -0.0341. The van der Waals surface area contributed by atoms with Gasteiger partial charge in [0.05, 0.1) is 18.1 Å². The normalized spacial score (nSPS) is 21.4. The van der Waals surface area contributed by atoms with E-state index in [0.717, 1.165) is 38.4 Å². The van der Waals surface area contributed by atoms with Crippen molar-refractivity contribution in [3.8, 4) is 0 Å². The molecule has 0 radical (unpaired) electrons. The van der Waals surface area contributed by atoms with Crippen LogP contribution in [0.5, 0.6) is 0 Å². The smallest absolute Gasteiger partial charge is 0.266 e. The molecule has 2 heterocycles. The van der Waals surface area contributed by atoms with Gasteiger partial charge in [0.1, 0.15) is 4.32 Å². The van der Waals surface area contributed by atoms with E-state index >= 15 is 0 Å². The fourth-order valence-electron chi connectivity index (χ4n) is 2.49. The van der Waals surface area contributed by atoms with E-state index in [2.05, 4.69) is 4.90 Å². The Hall–Kier alpha value is -0.920. The van der Waals surface area contributed by atoms with Crippen molar-refractivity contribution in [1.29, 1.82) is 0 Å². The highest BCUT2D eigenvalue weighted by atomic mass is 35.5. The van der Waals surface area contributed by atoms with Crippen molar-refractivity contribution in [1.82, 2.24) is 9.80 Å². The minimum Gasteiger partial charge on any atom is -0.379 e. The third kappa shape index (κ3) is 4.14. The van der Waals surface area contributed by atoms with Gasteiger partial charge in [0.25, 0.3) is 5.91 Å². The Kier molecular flexibility index (Phi) is 5.71. The average Bonchev–Trinajstić information content (AvgIpc) is 2.82. The number of morpholine rings is 1. The average molecular weight is 369 g/mol. The van der Waals surface area contributed by atoms with E-state index in [1.54, 1.807) is 4.90 Å². The SMILES string of the molecule is O=C1C(=Cc2ccccc2Cl)SC(=S)N1CCN1CCOCC1. The van der Waals surface area contributed by atoms with Crippen molar-refractivity contribution in [2.24, 2.45) is 0 Å². The highest BCUT2D eigenvalue weighted by molar-refractivity contribution is 8.26. The highest BCUT2D eigenvalue weighted by Crippen LogP contribution is 2.33. The molecule has 0 bridgehead atoms. The molecule has 0 aromatic heterocycles. The number of amides is 1. The standard InChI is InChI=1S/C16H17ClN2O2S2/c17-13-4-2-1-3-12(13)11-14-15(20)19(16(22)23-14)6-5-18-7-9-21-10-8-18/h1-4,11H,5-10H2. The summed E-state index contributed by atoms with van der Waals surface area (Å²) in [7, 11) is 0. The Morgan fingerprint density at radius 2 is 2.00 bits per heavy atom. The van der Waals surface area contributed by atoms with Crippen LogP contribution >= 0.6 is 35.6 Å². The van der Waals surface area contributed by atoms with E-state index in [1.165, 1.54) is 11.8 Å². The number of thioether (sulfide) groups is 1. The van der Waals surface area contributed by atoms with Gasteiger partial charge in [0.2, 0.25) is 0 Å². The van der Waals surface area contributed by atoms with Gasteiger partial charge >= 0.3 is 0 Å². The van der Waals surface area contributed by atoms with Gasteiger partial charge in [-0.3, -0.25) is 14.6 Å². The third-order valence-electron chi connectivity index (χ3n) is 3.81. The molecule has 0 spiro atoms. The molecule has 2 saturated heterocycles. The van der Waals surface area contributed by atoms with Crippen molar-refractivity contribution < 1.29 is 9.53 Å². The number of halogens is 1. The molecule has 1 amide bonds. The molecule has 0 saturated carbocycles. The Bertz CT molecular complexity index is 645. The zero-order valence-corrected chi connectivity index (χ0v) is 14.9. The van der Waals surface area contributed by atoms with Crippen LogP contribution in [0.4, 0.5) is 0 Å². The summed E-state index contributed by atoms with van der Waals surface area (Å²) in [5, 5.41) is 0.631. The zero-order valence-electron chi connectivity index (χ0n) is 12.5. The van der Waals surface area contributed by atoms with Crippen LogP contribution in [0.15, 0.2) is 29.2 Å². The lowest BCUT2D eigenvalue weighted by atomic mass is 10.2. The largest absolute Gasteiger partial charge is 0.379 e. The summed E-state index contributed by atoms with van der Waals surface area (Å²) in [6, 6.07) is 7.47. The predicted octanol–water partition coefficient (Wildman–Crippen LogP) is 2.87. The molecule has 2 aliphatic rings. The van der Waals surface area contributed by atoms with E-state index in [9.17, 15) is 4.79 Å². The molecule has 3 rings (SSSR count). The molecule has 122 valence electrons. The van der Waals surface area contributed by atoms with Gasteiger partial charge in [-0.1, -0.05) is 53.8 Å². The van der Waals surface area contributed by atoms with Gasteiger partial charge in [0, 0.05) is 31.2 Å².